The number of para-hydroxylation sites is 1. The Morgan fingerprint density at radius 3 is 3.04 bits per heavy atom. The number of fused-ring (bicyclic) bond motifs is 1. The summed E-state index contributed by atoms with van der Waals surface area (Å²) in [4.78, 5) is 29.8. The number of ether oxygens (including phenoxy) is 1. The Kier molecular flexibility index (Phi) is 4.62. The summed E-state index contributed by atoms with van der Waals surface area (Å²) in [6.07, 6.45) is 3.12. The second kappa shape index (κ2) is 6.83. The highest BCUT2D eigenvalue weighted by Crippen LogP contribution is 2.31. The number of carbonyl (C=O) groups is 2. The van der Waals surface area contributed by atoms with E-state index in [-0.39, 0.29) is 5.91 Å². The maximum atomic E-state index is 12.2. The van der Waals surface area contributed by atoms with Crippen LogP contribution in [0, 0.1) is 0 Å². The zero-order valence-corrected chi connectivity index (χ0v) is 13.5. The fourth-order valence-electron chi connectivity index (χ4n) is 2.45. The molecule has 1 amide bonds. The van der Waals surface area contributed by atoms with Crippen LogP contribution in [0.1, 0.15) is 12.5 Å². The Morgan fingerprint density at radius 2 is 2.22 bits per heavy atom. The van der Waals surface area contributed by atoms with Gasteiger partial charge in [0.25, 0.3) is 0 Å². The molecule has 118 valence electrons. The van der Waals surface area contributed by atoms with Gasteiger partial charge in [0.2, 0.25) is 5.91 Å². The van der Waals surface area contributed by atoms with Crippen LogP contribution in [0.2, 0.25) is 0 Å². The summed E-state index contributed by atoms with van der Waals surface area (Å²) in [5.74, 6) is -0.104. The molecule has 5 nitrogen and oxygen atoms in total. The van der Waals surface area contributed by atoms with Crippen LogP contribution in [0.15, 0.2) is 47.6 Å². The zero-order valence-electron chi connectivity index (χ0n) is 12.7. The maximum Gasteiger partial charge on any atom is 0.333 e. The number of thioether (sulfide) groups is 1. The molecule has 1 aromatic heterocycles. The normalized spacial score (nSPS) is 16.3. The largest absolute Gasteiger partial charge is 0.463 e. The molecule has 1 saturated heterocycles. The van der Waals surface area contributed by atoms with Gasteiger partial charge in [-0.25, -0.2) is 4.79 Å². The van der Waals surface area contributed by atoms with Gasteiger partial charge in [-0.05, 0) is 18.6 Å². The third kappa shape index (κ3) is 3.37. The van der Waals surface area contributed by atoms with E-state index in [4.69, 9.17) is 4.74 Å². The van der Waals surface area contributed by atoms with Crippen molar-refractivity contribution in [3.8, 4) is 0 Å². The average molecular weight is 328 g/mol. The lowest BCUT2D eigenvalue weighted by molar-refractivity contribution is -0.137. The van der Waals surface area contributed by atoms with E-state index in [2.05, 4.69) is 4.98 Å². The van der Waals surface area contributed by atoms with E-state index >= 15 is 0 Å². The van der Waals surface area contributed by atoms with Crippen molar-refractivity contribution < 1.29 is 14.3 Å². The molecule has 6 heteroatoms. The van der Waals surface area contributed by atoms with Crippen molar-refractivity contribution in [2.24, 2.45) is 0 Å². The first-order valence-corrected chi connectivity index (χ1v) is 8.32. The monoisotopic (exact) mass is 328 g/mol. The molecule has 0 aliphatic carbocycles. The van der Waals surface area contributed by atoms with Crippen LogP contribution in [0.3, 0.4) is 0 Å². The highest BCUT2D eigenvalue weighted by molar-refractivity contribution is 8.04. The van der Waals surface area contributed by atoms with Gasteiger partial charge in [0.1, 0.15) is 0 Å². The van der Waals surface area contributed by atoms with Gasteiger partial charge < -0.3 is 9.64 Å². The second-order valence-electron chi connectivity index (χ2n) is 5.00. The third-order valence-electron chi connectivity index (χ3n) is 3.48. The van der Waals surface area contributed by atoms with Crippen LogP contribution >= 0.6 is 11.8 Å². The number of pyridine rings is 1. The first-order chi connectivity index (χ1) is 11.2. The van der Waals surface area contributed by atoms with Crippen molar-refractivity contribution in [3.63, 3.8) is 0 Å². The minimum atomic E-state index is -0.425. The lowest BCUT2D eigenvalue weighted by Gasteiger charge is -2.18. The van der Waals surface area contributed by atoms with E-state index in [9.17, 15) is 9.59 Å². The van der Waals surface area contributed by atoms with Gasteiger partial charge in [-0.3, -0.25) is 9.78 Å². The average Bonchev–Trinajstić information content (AvgIpc) is 2.88. The van der Waals surface area contributed by atoms with E-state index in [1.54, 1.807) is 18.0 Å². The topological polar surface area (TPSA) is 59.5 Å². The molecule has 2 heterocycles. The molecule has 1 aliphatic rings. The molecule has 0 unspecified atom stereocenters. The molecule has 0 bridgehead atoms. The summed E-state index contributed by atoms with van der Waals surface area (Å²) >= 11 is 1.35. The minimum Gasteiger partial charge on any atom is -0.463 e. The van der Waals surface area contributed by atoms with Gasteiger partial charge in [-0.2, -0.15) is 0 Å². The number of hydrogen-bond donors (Lipinski definition) is 0. The van der Waals surface area contributed by atoms with E-state index < -0.39 is 5.97 Å². The number of nitrogens with zero attached hydrogens (tertiary/aromatic N) is 2. The molecule has 0 atom stereocenters. The van der Waals surface area contributed by atoms with Crippen LogP contribution in [0.4, 0.5) is 0 Å². The smallest absolute Gasteiger partial charge is 0.333 e. The Bertz CT molecular complexity index is 783. The molecular formula is C17H16N2O3S. The predicted octanol–water partition coefficient (Wildman–Crippen LogP) is 2.71. The van der Waals surface area contributed by atoms with Crippen molar-refractivity contribution >= 4 is 34.5 Å². The number of esters is 1. The Labute approximate surface area is 138 Å². The van der Waals surface area contributed by atoms with E-state index in [0.717, 1.165) is 16.5 Å². The molecule has 23 heavy (non-hydrogen) atoms. The van der Waals surface area contributed by atoms with Crippen molar-refractivity contribution in [3.05, 3.63) is 53.2 Å². The fourth-order valence-corrected chi connectivity index (χ4v) is 3.38. The lowest BCUT2D eigenvalue weighted by Crippen LogP contribution is -2.24. The number of benzene rings is 1. The highest BCUT2D eigenvalue weighted by Gasteiger charge is 2.28. The maximum absolute atomic E-state index is 12.2. The first kappa shape index (κ1) is 15.6. The SMILES string of the molecule is CCOC(=O)/C=C1\SCC(=O)N1Cc1cccc2cccnc12. The molecular weight excluding hydrogens is 312 g/mol. The quantitative estimate of drug-likeness (QED) is 0.638. The van der Waals surface area contributed by atoms with E-state index in [0.29, 0.717) is 23.9 Å². The number of carbonyl (C=O) groups excluding carboxylic acids is 2. The standard InChI is InChI=1S/C17H16N2O3S/c1-2-22-16(21)9-15-19(14(20)11-23-15)10-13-6-3-5-12-7-4-8-18-17(12)13/h3-9H,2,10-11H2,1H3/b15-9-. The molecule has 0 radical (unpaired) electrons. The van der Waals surface area contributed by atoms with E-state index in [1.807, 2.05) is 30.3 Å². The molecule has 0 spiro atoms. The van der Waals surface area contributed by atoms with Crippen LogP contribution in [0.5, 0.6) is 0 Å². The first-order valence-electron chi connectivity index (χ1n) is 7.33. The number of aromatic nitrogens is 1. The van der Waals surface area contributed by atoms with Gasteiger partial charge in [0.15, 0.2) is 0 Å². The number of hydrogen-bond acceptors (Lipinski definition) is 5. The summed E-state index contributed by atoms with van der Waals surface area (Å²) in [6, 6.07) is 9.76. The molecule has 1 aliphatic heterocycles. The van der Waals surface area contributed by atoms with Gasteiger partial charge in [0.05, 0.1) is 35.5 Å². The lowest BCUT2D eigenvalue weighted by atomic mass is 10.1. The predicted molar refractivity (Wildman–Crippen MR) is 89.5 cm³/mol. The summed E-state index contributed by atoms with van der Waals surface area (Å²) in [5.41, 5.74) is 1.82. The van der Waals surface area contributed by atoms with Crippen LogP contribution in [0.25, 0.3) is 10.9 Å². The molecule has 0 saturated carbocycles. The van der Waals surface area contributed by atoms with Crippen molar-refractivity contribution in [1.82, 2.24) is 9.88 Å². The van der Waals surface area contributed by atoms with Crippen molar-refractivity contribution in [2.75, 3.05) is 12.4 Å². The molecule has 3 rings (SSSR count). The van der Waals surface area contributed by atoms with Crippen LogP contribution < -0.4 is 0 Å². The van der Waals surface area contributed by atoms with Gasteiger partial charge in [0, 0.05) is 11.6 Å². The van der Waals surface area contributed by atoms with Gasteiger partial charge in [-0.1, -0.05) is 36.0 Å². The second-order valence-corrected chi connectivity index (χ2v) is 5.99. The summed E-state index contributed by atoms with van der Waals surface area (Å²) < 4.78 is 4.93. The van der Waals surface area contributed by atoms with Gasteiger partial charge >= 0.3 is 5.97 Å². The fraction of sp³-hybridized carbons (Fsp3) is 0.235. The summed E-state index contributed by atoms with van der Waals surface area (Å²) in [7, 11) is 0. The third-order valence-corrected chi connectivity index (χ3v) is 4.51. The molecule has 2 aromatic rings. The van der Waals surface area contributed by atoms with Crippen LogP contribution in [-0.2, 0) is 20.9 Å². The number of amides is 1. The Hall–Kier alpha value is -2.34. The Morgan fingerprint density at radius 1 is 1.39 bits per heavy atom. The van der Waals surface area contributed by atoms with Gasteiger partial charge in [-0.15, -0.1) is 0 Å². The highest BCUT2D eigenvalue weighted by atomic mass is 32.2. The summed E-state index contributed by atoms with van der Waals surface area (Å²) in [6.45, 7) is 2.46. The van der Waals surface area contributed by atoms with Crippen LogP contribution in [-0.4, -0.2) is 34.1 Å². The summed E-state index contributed by atoms with van der Waals surface area (Å²) in [5, 5.41) is 1.65. The Balaban J connectivity index is 1.90. The molecule has 1 fully saturated rings. The van der Waals surface area contributed by atoms with E-state index in [1.165, 1.54) is 17.8 Å². The molecule has 0 N–H and O–H groups in total. The number of rotatable bonds is 4. The molecule has 1 aromatic carbocycles. The van der Waals surface area contributed by atoms with Crippen molar-refractivity contribution in [1.29, 1.82) is 0 Å². The minimum absolute atomic E-state index is 0.0153. The zero-order chi connectivity index (χ0) is 16.2. The van der Waals surface area contributed by atoms with Crippen molar-refractivity contribution in [2.45, 2.75) is 13.5 Å².